The van der Waals surface area contributed by atoms with Crippen LogP contribution in [0.1, 0.15) is 13.3 Å². The molecule has 4 heteroatoms. The predicted octanol–water partition coefficient (Wildman–Crippen LogP) is 1.46. The summed E-state index contributed by atoms with van der Waals surface area (Å²) in [5, 5.41) is 0. The maximum absolute atomic E-state index is 5.59. The molecule has 0 aliphatic carbocycles. The van der Waals surface area contributed by atoms with Crippen LogP contribution >= 0.6 is 0 Å². The van der Waals surface area contributed by atoms with E-state index in [9.17, 15) is 0 Å². The molecule has 0 aliphatic heterocycles. The number of nitrogen functional groups attached to an aromatic ring is 1. The Labute approximate surface area is 77.7 Å². The zero-order valence-corrected chi connectivity index (χ0v) is 7.91. The van der Waals surface area contributed by atoms with Gasteiger partial charge in [-0.3, -0.25) is 0 Å². The molecule has 0 unspecified atom stereocenters. The molecule has 0 radical (unpaired) electrons. The van der Waals surface area contributed by atoms with Gasteiger partial charge in [-0.15, -0.1) is 0 Å². The topological polar surface area (TPSA) is 57.4 Å². The van der Waals surface area contributed by atoms with Crippen LogP contribution in [0.15, 0.2) is 12.1 Å². The van der Waals surface area contributed by atoms with Crippen LogP contribution in [0, 0.1) is 0 Å². The Hall–Kier alpha value is -1.45. The van der Waals surface area contributed by atoms with Gasteiger partial charge < -0.3 is 15.2 Å². The van der Waals surface area contributed by atoms with Crippen molar-refractivity contribution in [3.05, 3.63) is 12.1 Å². The standard InChI is InChI=1S/C9H14N2O2/c1-3-6-13-8-5-4-7(10)9(11-8)12-2/h4-5H,3,6,10H2,1-2H3. The molecule has 1 rings (SSSR count). The van der Waals surface area contributed by atoms with E-state index in [1.54, 1.807) is 12.1 Å². The number of ether oxygens (including phenoxy) is 2. The van der Waals surface area contributed by atoms with Crippen LogP contribution in [-0.2, 0) is 0 Å². The predicted molar refractivity (Wildman–Crippen MR) is 51.0 cm³/mol. The van der Waals surface area contributed by atoms with Gasteiger partial charge in [0.1, 0.15) is 0 Å². The molecule has 0 aromatic carbocycles. The van der Waals surface area contributed by atoms with Gasteiger partial charge in [0.2, 0.25) is 11.8 Å². The Balaban J connectivity index is 2.74. The first kappa shape index (κ1) is 9.64. The van der Waals surface area contributed by atoms with E-state index in [0.29, 0.717) is 24.1 Å². The molecule has 0 fully saturated rings. The summed E-state index contributed by atoms with van der Waals surface area (Å²) in [6, 6.07) is 3.45. The minimum atomic E-state index is 0.411. The summed E-state index contributed by atoms with van der Waals surface area (Å²) >= 11 is 0. The van der Waals surface area contributed by atoms with Gasteiger partial charge in [-0.05, 0) is 12.5 Å². The lowest BCUT2D eigenvalue weighted by Crippen LogP contribution is -2.00. The van der Waals surface area contributed by atoms with Crippen LogP contribution in [0.4, 0.5) is 5.69 Å². The molecule has 2 N–H and O–H groups in total. The van der Waals surface area contributed by atoms with Gasteiger partial charge in [0.15, 0.2) is 0 Å². The number of pyridine rings is 1. The second-order valence-electron chi connectivity index (χ2n) is 2.60. The van der Waals surface area contributed by atoms with Gasteiger partial charge >= 0.3 is 0 Å². The van der Waals surface area contributed by atoms with Crippen LogP contribution < -0.4 is 15.2 Å². The van der Waals surface area contributed by atoms with Gasteiger partial charge in [-0.2, -0.15) is 4.98 Å². The van der Waals surface area contributed by atoms with Crippen molar-refractivity contribution >= 4 is 5.69 Å². The van der Waals surface area contributed by atoms with Gasteiger partial charge in [0.05, 0.1) is 19.4 Å². The quantitative estimate of drug-likeness (QED) is 0.765. The monoisotopic (exact) mass is 182 g/mol. The van der Waals surface area contributed by atoms with E-state index in [1.807, 2.05) is 6.92 Å². The number of hydrogen-bond donors (Lipinski definition) is 1. The summed E-state index contributed by atoms with van der Waals surface area (Å²) in [6.45, 7) is 2.69. The highest BCUT2D eigenvalue weighted by molar-refractivity contribution is 5.49. The smallest absolute Gasteiger partial charge is 0.240 e. The summed E-state index contributed by atoms with van der Waals surface area (Å²) in [7, 11) is 1.53. The normalized spacial score (nSPS) is 9.69. The lowest BCUT2D eigenvalue weighted by Gasteiger charge is -2.06. The molecular weight excluding hydrogens is 168 g/mol. The van der Waals surface area contributed by atoms with Gasteiger partial charge in [0, 0.05) is 6.07 Å². The van der Waals surface area contributed by atoms with Crippen LogP contribution in [0.3, 0.4) is 0 Å². The van der Waals surface area contributed by atoms with Crippen LogP contribution in [0.5, 0.6) is 11.8 Å². The Morgan fingerprint density at radius 1 is 1.46 bits per heavy atom. The first-order valence-corrected chi connectivity index (χ1v) is 4.21. The number of aromatic nitrogens is 1. The maximum atomic E-state index is 5.59. The van der Waals surface area contributed by atoms with Crippen molar-refractivity contribution in [2.45, 2.75) is 13.3 Å². The van der Waals surface area contributed by atoms with Crippen molar-refractivity contribution in [2.75, 3.05) is 19.5 Å². The van der Waals surface area contributed by atoms with Crippen LogP contribution in [-0.4, -0.2) is 18.7 Å². The summed E-state index contributed by atoms with van der Waals surface area (Å²) < 4.78 is 10.3. The molecule has 0 atom stereocenters. The number of rotatable bonds is 4. The minimum absolute atomic E-state index is 0.411. The first-order valence-electron chi connectivity index (χ1n) is 4.21. The van der Waals surface area contributed by atoms with E-state index >= 15 is 0 Å². The molecule has 0 spiro atoms. The molecule has 0 amide bonds. The third-order valence-electron chi connectivity index (χ3n) is 1.51. The fraction of sp³-hybridized carbons (Fsp3) is 0.444. The lowest BCUT2D eigenvalue weighted by molar-refractivity contribution is 0.298. The van der Waals surface area contributed by atoms with E-state index in [4.69, 9.17) is 15.2 Å². The number of anilines is 1. The number of nitrogens with two attached hydrogens (primary N) is 1. The maximum Gasteiger partial charge on any atom is 0.240 e. The van der Waals surface area contributed by atoms with Crippen LogP contribution in [0.2, 0.25) is 0 Å². The summed E-state index contributed by atoms with van der Waals surface area (Å²) in [4.78, 5) is 4.06. The fourth-order valence-corrected chi connectivity index (χ4v) is 0.885. The number of hydrogen-bond acceptors (Lipinski definition) is 4. The third kappa shape index (κ3) is 2.50. The average Bonchev–Trinajstić information content (AvgIpc) is 2.16. The number of methoxy groups -OCH3 is 1. The molecule has 0 saturated carbocycles. The molecule has 13 heavy (non-hydrogen) atoms. The highest BCUT2D eigenvalue weighted by atomic mass is 16.5. The minimum Gasteiger partial charge on any atom is -0.479 e. The summed E-state index contributed by atoms with van der Waals surface area (Å²) in [5.41, 5.74) is 6.11. The third-order valence-corrected chi connectivity index (χ3v) is 1.51. The molecule has 4 nitrogen and oxygen atoms in total. The van der Waals surface area contributed by atoms with Crippen molar-refractivity contribution in [2.24, 2.45) is 0 Å². The lowest BCUT2D eigenvalue weighted by atomic mass is 10.4. The first-order chi connectivity index (χ1) is 6.27. The second kappa shape index (κ2) is 4.54. The molecule has 0 bridgehead atoms. The molecule has 1 aromatic rings. The van der Waals surface area contributed by atoms with Crippen molar-refractivity contribution in [3.63, 3.8) is 0 Å². The molecule has 0 aliphatic rings. The zero-order valence-electron chi connectivity index (χ0n) is 7.91. The molecule has 1 heterocycles. The van der Waals surface area contributed by atoms with E-state index in [0.717, 1.165) is 6.42 Å². The van der Waals surface area contributed by atoms with Crippen LogP contribution in [0.25, 0.3) is 0 Å². The van der Waals surface area contributed by atoms with Gasteiger partial charge in [-0.25, -0.2) is 0 Å². The Morgan fingerprint density at radius 3 is 2.85 bits per heavy atom. The van der Waals surface area contributed by atoms with E-state index in [-0.39, 0.29) is 0 Å². The Bertz CT molecular complexity index is 276. The van der Waals surface area contributed by atoms with E-state index < -0.39 is 0 Å². The van der Waals surface area contributed by atoms with Crippen molar-refractivity contribution in [3.8, 4) is 11.8 Å². The Morgan fingerprint density at radius 2 is 2.23 bits per heavy atom. The highest BCUT2D eigenvalue weighted by Gasteiger charge is 2.02. The zero-order chi connectivity index (χ0) is 9.68. The van der Waals surface area contributed by atoms with Gasteiger partial charge in [-0.1, -0.05) is 6.92 Å². The number of nitrogens with zero attached hydrogens (tertiary/aromatic N) is 1. The molecule has 1 aromatic heterocycles. The van der Waals surface area contributed by atoms with E-state index in [1.165, 1.54) is 7.11 Å². The fourth-order valence-electron chi connectivity index (χ4n) is 0.885. The highest BCUT2D eigenvalue weighted by Crippen LogP contribution is 2.21. The largest absolute Gasteiger partial charge is 0.479 e. The van der Waals surface area contributed by atoms with Crippen molar-refractivity contribution in [1.29, 1.82) is 0 Å². The summed E-state index contributed by atoms with van der Waals surface area (Å²) in [6.07, 6.45) is 0.953. The van der Waals surface area contributed by atoms with E-state index in [2.05, 4.69) is 4.98 Å². The summed E-state index contributed by atoms with van der Waals surface area (Å²) in [5.74, 6) is 0.960. The molecule has 72 valence electrons. The Kier molecular flexibility index (Phi) is 3.37. The second-order valence-corrected chi connectivity index (χ2v) is 2.60. The van der Waals surface area contributed by atoms with Gasteiger partial charge in [0.25, 0.3) is 0 Å². The molecule has 0 saturated heterocycles. The van der Waals surface area contributed by atoms with Crippen molar-refractivity contribution < 1.29 is 9.47 Å². The SMILES string of the molecule is CCCOc1ccc(N)c(OC)n1. The van der Waals surface area contributed by atoms with Crippen molar-refractivity contribution in [1.82, 2.24) is 4.98 Å². The molecular formula is C9H14N2O2. The average molecular weight is 182 g/mol.